The van der Waals surface area contributed by atoms with Crippen molar-refractivity contribution in [1.82, 2.24) is 0 Å². The Morgan fingerprint density at radius 3 is 1.28 bits per heavy atom. The minimum Gasteiger partial charge on any atom is -0.462 e. The second-order valence-corrected chi connectivity index (χ2v) is 17.2. The Morgan fingerprint density at radius 2 is 0.860 bits per heavy atom. The van der Waals surface area contributed by atoms with E-state index in [2.05, 4.69) is 38.2 Å². The van der Waals surface area contributed by atoms with Crippen molar-refractivity contribution in [3.63, 3.8) is 0 Å². The molecule has 1 unspecified atom stereocenters. The number of carbonyl (C=O) groups excluding carboxylic acids is 2. The zero-order valence-electron chi connectivity index (χ0n) is 36.6. The summed E-state index contributed by atoms with van der Waals surface area (Å²) in [6.07, 6.45) is 42.8. The topological polar surface area (TPSA) is 149 Å². The zero-order valence-corrected chi connectivity index (χ0v) is 37.5. The first-order chi connectivity index (χ1) is 27.7. The van der Waals surface area contributed by atoms with E-state index in [0.29, 0.717) is 12.8 Å². The maximum absolute atomic E-state index is 12.6. The summed E-state index contributed by atoms with van der Waals surface area (Å²) in [5.74, 6) is -0.938. The van der Waals surface area contributed by atoms with Crippen LogP contribution in [0.25, 0.3) is 0 Å². The van der Waals surface area contributed by atoms with Crippen LogP contribution < -0.4 is 0 Å². The fraction of sp³-hybridized carbons (Fsp3) is 0.870. The molecule has 10 nitrogen and oxygen atoms in total. The van der Waals surface area contributed by atoms with Crippen LogP contribution in [0.3, 0.4) is 0 Å². The van der Waals surface area contributed by atoms with E-state index in [1.54, 1.807) is 0 Å². The molecule has 0 aromatic rings. The molecule has 3 atom stereocenters. The minimum atomic E-state index is -4.62. The number of carbonyl (C=O) groups is 2. The molecule has 0 rings (SSSR count). The lowest BCUT2D eigenvalue weighted by Crippen LogP contribution is -2.29. The predicted octanol–water partition coefficient (Wildman–Crippen LogP) is 12.6. The molecule has 0 spiro atoms. The molecule has 0 aliphatic carbocycles. The number of unbranched alkanes of at least 4 members (excludes halogenated alkanes) is 26. The van der Waals surface area contributed by atoms with Crippen LogP contribution in [0, 0.1) is 0 Å². The molecule has 0 aromatic heterocycles. The average molecular weight is 831 g/mol. The van der Waals surface area contributed by atoms with Gasteiger partial charge in [0.15, 0.2) is 6.10 Å². The van der Waals surface area contributed by atoms with E-state index in [1.807, 2.05) is 0 Å². The molecule has 0 aromatic carbocycles. The van der Waals surface area contributed by atoms with Crippen LogP contribution in [0.2, 0.25) is 0 Å². The second kappa shape index (κ2) is 42.6. The molecule has 11 heteroatoms. The monoisotopic (exact) mass is 831 g/mol. The summed E-state index contributed by atoms with van der Waals surface area (Å²) < 4.78 is 32.8. The molecule has 0 aliphatic heterocycles. The minimum absolute atomic E-state index is 0.181. The zero-order chi connectivity index (χ0) is 41.9. The van der Waals surface area contributed by atoms with E-state index < -0.39 is 51.8 Å². The summed E-state index contributed by atoms with van der Waals surface area (Å²) in [7, 11) is -4.62. The van der Waals surface area contributed by atoms with Crippen LogP contribution in [-0.2, 0) is 32.7 Å². The van der Waals surface area contributed by atoms with E-state index in [1.165, 1.54) is 135 Å². The first-order valence-electron chi connectivity index (χ1n) is 23.3. The van der Waals surface area contributed by atoms with Gasteiger partial charge >= 0.3 is 19.8 Å². The Morgan fingerprint density at radius 1 is 0.509 bits per heavy atom. The van der Waals surface area contributed by atoms with Gasteiger partial charge in [0.2, 0.25) is 0 Å². The fourth-order valence-electron chi connectivity index (χ4n) is 6.45. The van der Waals surface area contributed by atoms with E-state index in [9.17, 15) is 24.2 Å². The molecule has 0 amide bonds. The van der Waals surface area contributed by atoms with Crippen molar-refractivity contribution in [3.05, 3.63) is 24.3 Å². The predicted molar refractivity (Wildman–Crippen MR) is 233 cm³/mol. The smallest absolute Gasteiger partial charge is 0.462 e. The summed E-state index contributed by atoms with van der Waals surface area (Å²) in [5.41, 5.74) is 0. The van der Waals surface area contributed by atoms with Gasteiger partial charge in [-0.1, -0.05) is 167 Å². The maximum atomic E-state index is 12.6. The highest BCUT2D eigenvalue weighted by atomic mass is 31.2. The molecule has 0 fully saturated rings. The van der Waals surface area contributed by atoms with Gasteiger partial charge in [-0.3, -0.25) is 18.6 Å². The van der Waals surface area contributed by atoms with Crippen LogP contribution in [0.1, 0.15) is 219 Å². The molecule has 0 heterocycles. The number of aliphatic hydroxyl groups excluding tert-OH is 2. The summed E-state index contributed by atoms with van der Waals surface area (Å²) in [4.78, 5) is 35.0. The SMILES string of the molecule is CCCCCCCC/C=C/CCCCCCCCCCCC(=O)O[C@H](COC(=O)CCCCC/C=C/CCCCCCCCCC)COP(=O)(O)OC[C@@H](O)CO. The lowest BCUT2D eigenvalue weighted by atomic mass is 10.1. The highest BCUT2D eigenvalue weighted by molar-refractivity contribution is 7.47. The molecular weight excluding hydrogens is 743 g/mol. The van der Waals surface area contributed by atoms with E-state index in [0.717, 1.165) is 44.9 Å². The summed E-state index contributed by atoms with van der Waals surface area (Å²) >= 11 is 0. The lowest BCUT2D eigenvalue weighted by molar-refractivity contribution is -0.161. The molecule has 0 saturated carbocycles. The third kappa shape index (κ3) is 42.4. The Hall–Kier alpha value is -1.55. The van der Waals surface area contributed by atoms with Gasteiger partial charge in [-0.2, -0.15) is 0 Å². The van der Waals surface area contributed by atoms with Crippen molar-refractivity contribution in [2.75, 3.05) is 26.4 Å². The lowest BCUT2D eigenvalue weighted by Gasteiger charge is -2.20. The number of allylic oxidation sites excluding steroid dienone is 4. The third-order valence-corrected chi connectivity index (χ3v) is 11.0. The van der Waals surface area contributed by atoms with Gasteiger partial charge in [-0.05, 0) is 64.2 Å². The molecule has 0 saturated heterocycles. The van der Waals surface area contributed by atoms with Crippen molar-refractivity contribution in [2.45, 2.75) is 232 Å². The van der Waals surface area contributed by atoms with Gasteiger partial charge in [0.1, 0.15) is 12.7 Å². The van der Waals surface area contributed by atoms with Gasteiger partial charge in [0.25, 0.3) is 0 Å². The van der Waals surface area contributed by atoms with Crippen LogP contribution >= 0.6 is 7.82 Å². The Balaban J connectivity index is 4.25. The maximum Gasteiger partial charge on any atom is 0.472 e. The van der Waals surface area contributed by atoms with Gasteiger partial charge in [-0.25, -0.2) is 4.57 Å². The Bertz CT molecular complexity index is 1000. The van der Waals surface area contributed by atoms with Crippen LogP contribution in [0.4, 0.5) is 0 Å². The van der Waals surface area contributed by atoms with Crippen LogP contribution in [0.15, 0.2) is 24.3 Å². The Kier molecular flexibility index (Phi) is 41.4. The fourth-order valence-corrected chi connectivity index (χ4v) is 7.24. The molecule has 3 N–H and O–H groups in total. The number of esters is 2. The quantitative estimate of drug-likeness (QED) is 0.0234. The van der Waals surface area contributed by atoms with Crippen molar-refractivity contribution >= 4 is 19.8 Å². The van der Waals surface area contributed by atoms with Gasteiger partial charge in [-0.15, -0.1) is 0 Å². The molecule has 336 valence electrons. The standard InChI is InChI=1S/C46H87O10P/c1-3-5-7-9-11-13-15-17-19-20-21-22-24-26-28-30-32-34-36-38-46(50)56-44(42-55-57(51,52)54-40-43(48)39-47)41-53-45(49)37-35-33-31-29-27-25-23-18-16-14-12-10-8-6-4-2/h17,19,25,27,43-44,47-48H,3-16,18,20-24,26,28-42H2,1-2H3,(H,51,52)/b19-17+,27-25+/t43-,44+/m0/s1. The molecular formula is C46H87O10P. The summed E-state index contributed by atoms with van der Waals surface area (Å²) in [6, 6.07) is 0. The largest absolute Gasteiger partial charge is 0.472 e. The number of ether oxygens (including phenoxy) is 2. The first kappa shape index (κ1) is 55.5. The van der Waals surface area contributed by atoms with E-state index in [-0.39, 0.29) is 19.4 Å². The number of phosphoric ester groups is 1. The molecule has 57 heavy (non-hydrogen) atoms. The van der Waals surface area contributed by atoms with Crippen LogP contribution in [0.5, 0.6) is 0 Å². The van der Waals surface area contributed by atoms with Gasteiger partial charge in [0.05, 0.1) is 19.8 Å². The number of phosphoric acid groups is 1. The number of hydrogen-bond donors (Lipinski definition) is 3. The average Bonchev–Trinajstić information content (AvgIpc) is 3.20. The van der Waals surface area contributed by atoms with Crippen molar-refractivity contribution < 1.29 is 47.8 Å². The third-order valence-electron chi connectivity index (χ3n) is 10.1. The van der Waals surface area contributed by atoms with Crippen molar-refractivity contribution in [1.29, 1.82) is 0 Å². The van der Waals surface area contributed by atoms with Gasteiger partial charge < -0.3 is 24.6 Å². The highest BCUT2D eigenvalue weighted by Gasteiger charge is 2.27. The van der Waals surface area contributed by atoms with E-state index in [4.69, 9.17) is 23.6 Å². The Labute approximate surface area is 348 Å². The number of aliphatic hydroxyl groups is 2. The first-order valence-corrected chi connectivity index (χ1v) is 24.8. The summed E-state index contributed by atoms with van der Waals surface area (Å²) in [5, 5.41) is 18.4. The van der Waals surface area contributed by atoms with Crippen molar-refractivity contribution in [3.8, 4) is 0 Å². The van der Waals surface area contributed by atoms with Gasteiger partial charge in [0, 0.05) is 12.8 Å². The molecule has 0 aliphatic rings. The summed E-state index contributed by atoms with van der Waals surface area (Å²) in [6.45, 7) is 2.38. The normalized spacial score (nSPS) is 14.0. The van der Waals surface area contributed by atoms with Crippen LogP contribution in [-0.4, -0.2) is 65.7 Å². The molecule has 0 radical (unpaired) electrons. The van der Waals surface area contributed by atoms with E-state index >= 15 is 0 Å². The van der Waals surface area contributed by atoms with Crippen molar-refractivity contribution in [2.24, 2.45) is 0 Å². The number of hydrogen-bond acceptors (Lipinski definition) is 9. The highest BCUT2D eigenvalue weighted by Crippen LogP contribution is 2.43. The second-order valence-electron chi connectivity index (χ2n) is 15.8. The number of rotatable bonds is 44. The molecule has 0 bridgehead atoms.